The van der Waals surface area contributed by atoms with Gasteiger partial charge in [0.2, 0.25) is 0 Å². The Balaban J connectivity index is 2.14. The molecule has 1 saturated heterocycles. The summed E-state index contributed by atoms with van der Waals surface area (Å²) in [6, 6.07) is 9.96. The van der Waals surface area contributed by atoms with Crippen molar-refractivity contribution in [3.63, 3.8) is 0 Å². The number of carbonyl (C=O) groups excluding carboxylic acids is 1. The molecule has 2 rings (SSSR count). The number of carboxylic acid groups (broad SMARTS) is 1. The van der Waals surface area contributed by atoms with E-state index >= 15 is 0 Å². The number of nitrogens with zero attached hydrogens (tertiary/aromatic N) is 1. The number of rotatable bonds is 6. The molecule has 26 heavy (non-hydrogen) atoms. The van der Waals surface area contributed by atoms with Crippen molar-refractivity contribution >= 4 is 12.1 Å². The molecule has 0 saturated carbocycles. The molecule has 0 radical (unpaired) electrons. The lowest BCUT2D eigenvalue weighted by molar-refractivity contribution is -0.138. The molecule has 1 aromatic rings. The Morgan fingerprint density at radius 1 is 1.27 bits per heavy atom. The third-order valence-electron chi connectivity index (χ3n) is 4.67. The first kappa shape index (κ1) is 20.2. The number of hydrogen-bond donors (Lipinski definition) is 2. The first-order valence-electron chi connectivity index (χ1n) is 9.19. The van der Waals surface area contributed by atoms with Gasteiger partial charge in [0.25, 0.3) is 0 Å². The number of carbonyl (C=O) groups is 2. The van der Waals surface area contributed by atoms with Crippen LogP contribution in [0, 0.1) is 5.92 Å². The standard InChI is InChI=1S/C20H30N2O4/c1-5-17-15(11-18(23)24)16(21-19(25)26-20(2,3)4)13-22(17)12-14-9-7-6-8-10-14/h6-10,15-17H,5,11-13H2,1-4H3,(H,21,25)(H,23,24). The van der Waals surface area contributed by atoms with Gasteiger partial charge in [-0.2, -0.15) is 0 Å². The average molecular weight is 362 g/mol. The molecule has 6 nitrogen and oxygen atoms in total. The molecule has 1 fully saturated rings. The molecule has 0 aromatic heterocycles. The molecule has 1 amide bonds. The molecule has 1 heterocycles. The molecule has 3 atom stereocenters. The Morgan fingerprint density at radius 2 is 1.92 bits per heavy atom. The highest BCUT2D eigenvalue weighted by molar-refractivity contribution is 5.69. The van der Waals surface area contributed by atoms with Gasteiger partial charge in [0.05, 0.1) is 6.42 Å². The van der Waals surface area contributed by atoms with E-state index in [1.165, 1.54) is 5.56 Å². The largest absolute Gasteiger partial charge is 0.481 e. The second-order valence-corrected chi connectivity index (χ2v) is 7.91. The van der Waals surface area contributed by atoms with E-state index in [4.69, 9.17) is 4.74 Å². The Bertz CT molecular complexity index is 612. The minimum absolute atomic E-state index is 0.0320. The van der Waals surface area contributed by atoms with E-state index < -0.39 is 17.7 Å². The van der Waals surface area contributed by atoms with E-state index in [2.05, 4.69) is 29.3 Å². The number of amides is 1. The van der Waals surface area contributed by atoms with E-state index in [1.807, 2.05) is 39.0 Å². The zero-order valence-electron chi connectivity index (χ0n) is 16.1. The Morgan fingerprint density at radius 3 is 2.46 bits per heavy atom. The third kappa shape index (κ3) is 5.73. The number of nitrogens with one attached hydrogen (secondary N) is 1. The smallest absolute Gasteiger partial charge is 0.407 e. The van der Waals surface area contributed by atoms with Crippen LogP contribution in [-0.4, -0.2) is 46.3 Å². The monoisotopic (exact) mass is 362 g/mol. The van der Waals surface area contributed by atoms with E-state index in [1.54, 1.807) is 0 Å². The van der Waals surface area contributed by atoms with Gasteiger partial charge in [0.1, 0.15) is 5.60 Å². The molecule has 1 aliphatic rings. The summed E-state index contributed by atoms with van der Waals surface area (Å²) in [5.41, 5.74) is 0.594. The summed E-state index contributed by atoms with van der Waals surface area (Å²) in [5, 5.41) is 12.2. The average Bonchev–Trinajstić information content (AvgIpc) is 2.82. The highest BCUT2D eigenvalue weighted by Crippen LogP contribution is 2.31. The minimum atomic E-state index is -0.842. The van der Waals surface area contributed by atoms with Gasteiger partial charge < -0.3 is 15.2 Å². The zero-order valence-corrected chi connectivity index (χ0v) is 16.1. The third-order valence-corrected chi connectivity index (χ3v) is 4.67. The maximum Gasteiger partial charge on any atom is 0.407 e. The number of aliphatic carboxylic acids is 1. The van der Waals surface area contributed by atoms with Gasteiger partial charge in [-0.05, 0) is 32.8 Å². The fraction of sp³-hybridized carbons (Fsp3) is 0.600. The first-order valence-corrected chi connectivity index (χ1v) is 9.19. The SMILES string of the molecule is CCC1C(CC(=O)O)C(NC(=O)OC(C)(C)C)CN1Cc1ccccc1. The van der Waals surface area contributed by atoms with Crippen molar-refractivity contribution in [3.8, 4) is 0 Å². The number of hydrogen-bond acceptors (Lipinski definition) is 4. The lowest BCUT2D eigenvalue weighted by Crippen LogP contribution is -2.44. The predicted octanol–water partition coefficient (Wildman–Crippen LogP) is 3.27. The minimum Gasteiger partial charge on any atom is -0.481 e. The number of alkyl carbamates (subject to hydrolysis) is 1. The van der Waals surface area contributed by atoms with Gasteiger partial charge in [0, 0.05) is 31.1 Å². The molecule has 3 unspecified atom stereocenters. The summed E-state index contributed by atoms with van der Waals surface area (Å²) >= 11 is 0. The van der Waals surface area contributed by atoms with Crippen LogP contribution in [0.25, 0.3) is 0 Å². The van der Waals surface area contributed by atoms with Gasteiger partial charge in [-0.15, -0.1) is 0 Å². The van der Waals surface area contributed by atoms with E-state index in [-0.39, 0.29) is 24.4 Å². The predicted molar refractivity (Wildman–Crippen MR) is 99.8 cm³/mol. The van der Waals surface area contributed by atoms with Gasteiger partial charge in [-0.3, -0.25) is 9.69 Å². The molecule has 1 aliphatic heterocycles. The van der Waals surface area contributed by atoms with Crippen LogP contribution in [-0.2, 0) is 16.1 Å². The van der Waals surface area contributed by atoms with Crippen LogP contribution >= 0.6 is 0 Å². The quantitative estimate of drug-likeness (QED) is 0.812. The summed E-state index contributed by atoms with van der Waals surface area (Å²) < 4.78 is 5.36. The molecule has 0 aliphatic carbocycles. The number of carboxylic acids is 1. The maximum atomic E-state index is 12.2. The maximum absolute atomic E-state index is 12.2. The fourth-order valence-corrected chi connectivity index (χ4v) is 3.71. The Hall–Kier alpha value is -2.08. The fourth-order valence-electron chi connectivity index (χ4n) is 3.71. The van der Waals surface area contributed by atoms with Gasteiger partial charge in [-0.1, -0.05) is 37.3 Å². The van der Waals surface area contributed by atoms with Gasteiger partial charge >= 0.3 is 12.1 Å². The van der Waals surface area contributed by atoms with Crippen LogP contribution in [0.4, 0.5) is 4.79 Å². The summed E-state index contributed by atoms with van der Waals surface area (Å²) in [7, 11) is 0. The first-order chi connectivity index (χ1) is 12.2. The topological polar surface area (TPSA) is 78.9 Å². The summed E-state index contributed by atoms with van der Waals surface area (Å²) in [4.78, 5) is 25.9. The molecule has 2 N–H and O–H groups in total. The second kappa shape index (κ2) is 8.54. The zero-order chi connectivity index (χ0) is 19.3. The Kier molecular flexibility index (Phi) is 6.64. The lowest BCUT2D eigenvalue weighted by atomic mass is 9.91. The molecular formula is C20H30N2O4. The second-order valence-electron chi connectivity index (χ2n) is 7.91. The van der Waals surface area contributed by atoms with E-state index in [0.717, 1.165) is 13.0 Å². The van der Waals surface area contributed by atoms with E-state index in [9.17, 15) is 14.7 Å². The van der Waals surface area contributed by atoms with Crippen LogP contribution < -0.4 is 5.32 Å². The lowest BCUT2D eigenvalue weighted by Gasteiger charge is -2.27. The highest BCUT2D eigenvalue weighted by atomic mass is 16.6. The molecule has 6 heteroatoms. The molecule has 1 aromatic carbocycles. The van der Waals surface area contributed by atoms with Crippen LogP contribution in [0.15, 0.2) is 30.3 Å². The Labute approximate surface area is 155 Å². The van der Waals surface area contributed by atoms with Crippen molar-refractivity contribution in [2.75, 3.05) is 6.54 Å². The summed E-state index contributed by atoms with van der Waals surface area (Å²) in [6.07, 6.45) is 0.371. The van der Waals surface area contributed by atoms with Crippen LogP contribution in [0.5, 0.6) is 0 Å². The van der Waals surface area contributed by atoms with E-state index in [0.29, 0.717) is 6.54 Å². The van der Waals surface area contributed by atoms with Crippen LogP contribution in [0.1, 0.15) is 46.1 Å². The van der Waals surface area contributed by atoms with Crippen LogP contribution in [0.3, 0.4) is 0 Å². The van der Waals surface area contributed by atoms with Crippen molar-refractivity contribution in [2.45, 2.75) is 64.8 Å². The van der Waals surface area contributed by atoms with Gasteiger partial charge in [0.15, 0.2) is 0 Å². The van der Waals surface area contributed by atoms with Crippen molar-refractivity contribution < 1.29 is 19.4 Å². The number of likely N-dealkylation sites (tertiary alicyclic amines) is 1. The normalized spacial score (nSPS) is 23.6. The van der Waals surface area contributed by atoms with Crippen molar-refractivity contribution in [3.05, 3.63) is 35.9 Å². The van der Waals surface area contributed by atoms with Crippen LogP contribution in [0.2, 0.25) is 0 Å². The molecule has 144 valence electrons. The highest BCUT2D eigenvalue weighted by Gasteiger charge is 2.42. The summed E-state index contributed by atoms with van der Waals surface area (Å²) in [5.74, 6) is -0.986. The van der Waals surface area contributed by atoms with Crippen molar-refractivity contribution in [1.29, 1.82) is 0 Å². The molecule has 0 bridgehead atoms. The van der Waals surface area contributed by atoms with Gasteiger partial charge in [-0.25, -0.2) is 4.79 Å². The molecule has 0 spiro atoms. The van der Waals surface area contributed by atoms with Crippen molar-refractivity contribution in [1.82, 2.24) is 10.2 Å². The van der Waals surface area contributed by atoms with Crippen molar-refractivity contribution in [2.24, 2.45) is 5.92 Å². The molecular weight excluding hydrogens is 332 g/mol. The summed E-state index contributed by atoms with van der Waals surface area (Å²) in [6.45, 7) is 8.85. The number of ether oxygens (including phenoxy) is 1. The number of benzene rings is 1.